The second kappa shape index (κ2) is 5.84. The molecule has 92 valence electrons. The fourth-order valence-corrected chi connectivity index (χ4v) is 1.79. The third kappa shape index (κ3) is 2.87. The van der Waals surface area contributed by atoms with Crippen molar-refractivity contribution in [2.24, 2.45) is 16.6 Å². The molecule has 0 heterocycles. The molecule has 0 aliphatic rings. The van der Waals surface area contributed by atoms with Gasteiger partial charge >= 0.3 is 0 Å². The van der Waals surface area contributed by atoms with Gasteiger partial charge in [0.05, 0.1) is 0 Å². The summed E-state index contributed by atoms with van der Waals surface area (Å²) in [4.78, 5) is 4.39. The Hall–Kier alpha value is -2.33. The van der Waals surface area contributed by atoms with Crippen LogP contribution < -0.4 is 17.0 Å². The molecule has 0 amide bonds. The van der Waals surface area contributed by atoms with Crippen LogP contribution in [0.5, 0.6) is 0 Å². The summed E-state index contributed by atoms with van der Waals surface area (Å²) in [6, 6.07) is 19.8. The summed E-state index contributed by atoms with van der Waals surface area (Å²) >= 11 is 0. The molecular formula is C14H16N4. The Bertz CT molecular complexity index is 468. The highest BCUT2D eigenvalue weighted by molar-refractivity contribution is 5.77. The first kappa shape index (κ1) is 12.1. The summed E-state index contributed by atoms with van der Waals surface area (Å²) in [5, 5.41) is 0. The summed E-state index contributed by atoms with van der Waals surface area (Å²) in [7, 11) is 0. The maximum absolute atomic E-state index is 5.66. The molecule has 2 aromatic carbocycles. The lowest BCUT2D eigenvalue weighted by molar-refractivity contribution is 0.846. The average Bonchev–Trinajstić information content (AvgIpc) is 2.46. The zero-order valence-electron chi connectivity index (χ0n) is 9.95. The van der Waals surface area contributed by atoms with Gasteiger partial charge in [0.2, 0.25) is 5.96 Å². The van der Waals surface area contributed by atoms with E-state index in [1.807, 2.05) is 60.7 Å². The zero-order valence-corrected chi connectivity index (χ0v) is 9.95. The third-order valence-corrected chi connectivity index (χ3v) is 2.65. The monoisotopic (exact) mass is 240 g/mol. The van der Waals surface area contributed by atoms with Gasteiger partial charge in [-0.2, -0.15) is 0 Å². The summed E-state index contributed by atoms with van der Waals surface area (Å²) in [5.41, 5.74) is 10.2. The Morgan fingerprint density at radius 2 is 1.33 bits per heavy atom. The summed E-state index contributed by atoms with van der Waals surface area (Å²) < 4.78 is 0. The maximum atomic E-state index is 5.66. The SMILES string of the molecule is NNC(N)=NC(c1ccccc1)c1ccccc1. The standard InChI is InChI=1S/C14H16N4/c15-14(18-16)17-13(11-7-3-1-4-8-11)12-9-5-2-6-10-12/h1-10,13H,16H2,(H3,15,17,18). The molecule has 4 nitrogen and oxygen atoms in total. The van der Waals surface area contributed by atoms with Gasteiger partial charge in [-0.25, -0.2) is 10.8 Å². The largest absolute Gasteiger partial charge is 0.369 e. The molecule has 4 heteroatoms. The smallest absolute Gasteiger partial charge is 0.204 e. The molecule has 0 fully saturated rings. The van der Waals surface area contributed by atoms with Crippen LogP contribution in [0.1, 0.15) is 17.2 Å². The van der Waals surface area contributed by atoms with E-state index in [1.54, 1.807) is 0 Å². The van der Waals surface area contributed by atoms with E-state index in [1.165, 1.54) is 0 Å². The van der Waals surface area contributed by atoms with Gasteiger partial charge in [0.1, 0.15) is 6.04 Å². The minimum absolute atomic E-state index is 0.150. The molecule has 0 saturated carbocycles. The van der Waals surface area contributed by atoms with Crippen molar-refractivity contribution >= 4 is 5.96 Å². The lowest BCUT2D eigenvalue weighted by atomic mass is 9.99. The normalized spacial score (nSPS) is 11.6. The lowest BCUT2D eigenvalue weighted by Gasteiger charge is -2.14. The van der Waals surface area contributed by atoms with Gasteiger partial charge < -0.3 is 5.73 Å². The van der Waals surface area contributed by atoms with Crippen molar-refractivity contribution in [3.8, 4) is 0 Å². The van der Waals surface area contributed by atoms with E-state index >= 15 is 0 Å². The summed E-state index contributed by atoms with van der Waals surface area (Å²) in [6.45, 7) is 0. The molecule has 2 rings (SSSR count). The van der Waals surface area contributed by atoms with Gasteiger partial charge in [0.25, 0.3) is 0 Å². The number of nitrogens with one attached hydrogen (secondary N) is 1. The van der Waals surface area contributed by atoms with Crippen LogP contribution in [0.2, 0.25) is 0 Å². The number of guanidine groups is 1. The maximum Gasteiger partial charge on any atom is 0.204 e. The zero-order chi connectivity index (χ0) is 12.8. The Morgan fingerprint density at radius 1 is 0.889 bits per heavy atom. The number of benzene rings is 2. The van der Waals surface area contributed by atoms with Crippen LogP contribution in [0.15, 0.2) is 65.7 Å². The van der Waals surface area contributed by atoms with Crippen LogP contribution in [-0.4, -0.2) is 5.96 Å². The molecule has 0 aliphatic heterocycles. The van der Waals surface area contributed by atoms with Gasteiger partial charge in [-0.05, 0) is 11.1 Å². The molecule has 0 aromatic heterocycles. The number of nitrogens with zero attached hydrogens (tertiary/aromatic N) is 1. The van der Waals surface area contributed by atoms with E-state index in [0.29, 0.717) is 0 Å². The summed E-state index contributed by atoms with van der Waals surface area (Å²) in [6.07, 6.45) is 0. The Morgan fingerprint density at radius 3 is 1.72 bits per heavy atom. The van der Waals surface area contributed by atoms with Crippen LogP contribution in [0.25, 0.3) is 0 Å². The van der Waals surface area contributed by atoms with Gasteiger partial charge in [0, 0.05) is 0 Å². The van der Waals surface area contributed by atoms with Crippen molar-refractivity contribution in [1.29, 1.82) is 0 Å². The van der Waals surface area contributed by atoms with E-state index in [9.17, 15) is 0 Å². The van der Waals surface area contributed by atoms with Crippen molar-refractivity contribution in [2.75, 3.05) is 0 Å². The van der Waals surface area contributed by atoms with E-state index in [0.717, 1.165) is 11.1 Å². The topological polar surface area (TPSA) is 76.4 Å². The van der Waals surface area contributed by atoms with E-state index in [2.05, 4.69) is 10.4 Å². The molecule has 0 unspecified atom stereocenters. The highest BCUT2D eigenvalue weighted by Crippen LogP contribution is 2.25. The van der Waals surface area contributed by atoms with Crippen molar-refractivity contribution in [3.63, 3.8) is 0 Å². The first-order chi connectivity index (χ1) is 8.81. The van der Waals surface area contributed by atoms with Gasteiger partial charge in [-0.3, -0.25) is 5.43 Å². The van der Waals surface area contributed by atoms with Crippen LogP contribution in [0, 0.1) is 0 Å². The quantitative estimate of drug-likeness (QED) is 0.330. The predicted octanol–water partition coefficient (Wildman–Crippen LogP) is 1.55. The van der Waals surface area contributed by atoms with Crippen molar-refractivity contribution in [1.82, 2.24) is 5.43 Å². The molecular weight excluding hydrogens is 224 g/mol. The number of aliphatic imine (C=N–C) groups is 1. The Balaban J connectivity index is 2.42. The number of nitrogens with two attached hydrogens (primary N) is 2. The highest BCUT2D eigenvalue weighted by atomic mass is 15.3. The fourth-order valence-electron chi connectivity index (χ4n) is 1.79. The van der Waals surface area contributed by atoms with Gasteiger partial charge in [-0.1, -0.05) is 60.7 Å². The van der Waals surface area contributed by atoms with E-state index < -0.39 is 0 Å². The molecule has 5 N–H and O–H groups in total. The Labute approximate surface area is 106 Å². The van der Waals surface area contributed by atoms with E-state index in [4.69, 9.17) is 11.6 Å². The van der Waals surface area contributed by atoms with Crippen molar-refractivity contribution in [2.45, 2.75) is 6.04 Å². The van der Waals surface area contributed by atoms with Gasteiger partial charge in [0.15, 0.2) is 0 Å². The second-order valence-corrected chi connectivity index (χ2v) is 3.88. The molecule has 0 atom stereocenters. The predicted molar refractivity (Wildman–Crippen MR) is 73.7 cm³/mol. The first-order valence-electron chi connectivity index (χ1n) is 5.71. The van der Waals surface area contributed by atoms with Crippen molar-refractivity contribution in [3.05, 3.63) is 71.8 Å². The highest BCUT2D eigenvalue weighted by Gasteiger charge is 2.12. The minimum Gasteiger partial charge on any atom is -0.369 e. The molecule has 0 radical (unpaired) electrons. The molecule has 18 heavy (non-hydrogen) atoms. The first-order valence-corrected chi connectivity index (χ1v) is 5.71. The van der Waals surface area contributed by atoms with Crippen LogP contribution in [0.3, 0.4) is 0 Å². The minimum atomic E-state index is -0.150. The van der Waals surface area contributed by atoms with Crippen LogP contribution in [-0.2, 0) is 0 Å². The molecule has 0 spiro atoms. The molecule has 0 aliphatic carbocycles. The van der Waals surface area contributed by atoms with E-state index in [-0.39, 0.29) is 12.0 Å². The van der Waals surface area contributed by atoms with Crippen molar-refractivity contribution < 1.29 is 0 Å². The van der Waals surface area contributed by atoms with Crippen LogP contribution >= 0.6 is 0 Å². The second-order valence-electron chi connectivity index (χ2n) is 3.88. The number of rotatable bonds is 3. The molecule has 2 aromatic rings. The third-order valence-electron chi connectivity index (χ3n) is 2.65. The number of hydrazine groups is 1. The lowest BCUT2D eigenvalue weighted by Crippen LogP contribution is -2.37. The number of hydrogen-bond acceptors (Lipinski definition) is 2. The average molecular weight is 240 g/mol. The van der Waals surface area contributed by atoms with Gasteiger partial charge in [-0.15, -0.1) is 0 Å². The Kier molecular flexibility index (Phi) is 3.94. The van der Waals surface area contributed by atoms with Crippen LogP contribution in [0.4, 0.5) is 0 Å². The molecule has 0 saturated heterocycles. The number of hydrogen-bond donors (Lipinski definition) is 3. The molecule has 0 bridgehead atoms. The fraction of sp³-hybridized carbons (Fsp3) is 0.0714. The summed E-state index contributed by atoms with van der Waals surface area (Å²) in [5.74, 6) is 5.49.